The number of furan rings is 1. The lowest BCUT2D eigenvalue weighted by Crippen LogP contribution is -2.38. The largest absolute Gasteiger partial charge is 0.492 e. The van der Waals surface area contributed by atoms with E-state index in [4.69, 9.17) is 13.9 Å². The van der Waals surface area contributed by atoms with Crippen LogP contribution in [0, 0.1) is 0 Å². The molecule has 0 radical (unpaired) electrons. The van der Waals surface area contributed by atoms with Crippen molar-refractivity contribution < 1.29 is 13.9 Å². The molecule has 0 amide bonds. The van der Waals surface area contributed by atoms with Crippen molar-refractivity contribution in [3.05, 3.63) is 54.9 Å². The summed E-state index contributed by atoms with van der Waals surface area (Å²) >= 11 is 0. The van der Waals surface area contributed by atoms with Gasteiger partial charge in [-0.3, -0.25) is 4.90 Å². The lowest BCUT2D eigenvalue weighted by Gasteiger charge is -2.26. The third-order valence-corrected chi connectivity index (χ3v) is 4.30. The number of morpholine rings is 1. The van der Waals surface area contributed by atoms with Gasteiger partial charge in [0, 0.05) is 37.6 Å². The summed E-state index contributed by atoms with van der Waals surface area (Å²) in [6.45, 7) is 5.08. The zero-order chi connectivity index (χ0) is 18.3. The molecule has 0 aliphatic carbocycles. The number of rotatable bonds is 7. The van der Waals surface area contributed by atoms with Gasteiger partial charge in [-0.2, -0.15) is 0 Å². The minimum Gasteiger partial charge on any atom is -0.492 e. The van der Waals surface area contributed by atoms with Crippen molar-refractivity contribution in [2.75, 3.05) is 44.8 Å². The summed E-state index contributed by atoms with van der Waals surface area (Å²) in [6.07, 6.45) is 3.33. The van der Waals surface area contributed by atoms with Crippen molar-refractivity contribution in [2.45, 2.75) is 0 Å². The van der Waals surface area contributed by atoms with Crippen LogP contribution in [0.15, 0.2) is 59.3 Å². The molecule has 27 heavy (non-hydrogen) atoms. The number of nitrogens with zero attached hydrogens (tertiary/aromatic N) is 3. The molecule has 7 heteroatoms. The molecule has 1 aliphatic rings. The molecule has 0 bridgehead atoms. The average molecular weight is 366 g/mol. The van der Waals surface area contributed by atoms with Gasteiger partial charge in [-0.15, -0.1) is 0 Å². The smallest absolute Gasteiger partial charge is 0.227 e. The van der Waals surface area contributed by atoms with Crippen molar-refractivity contribution >= 4 is 11.6 Å². The second kappa shape index (κ2) is 8.66. The first-order valence-electron chi connectivity index (χ1n) is 9.04. The van der Waals surface area contributed by atoms with Gasteiger partial charge in [0.2, 0.25) is 5.95 Å². The predicted molar refractivity (Wildman–Crippen MR) is 102 cm³/mol. The highest BCUT2D eigenvalue weighted by molar-refractivity contribution is 5.59. The fourth-order valence-electron chi connectivity index (χ4n) is 2.89. The molecule has 140 valence electrons. The van der Waals surface area contributed by atoms with Crippen molar-refractivity contribution in [3.8, 4) is 17.2 Å². The number of benzene rings is 1. The zero-order valence-corrected chi connectivity index (χ0v) is 15.0. The fraction of sp³-hybridized carbons (Fsp3) is 0.300. The van der Waals surface area contributed by atoms with Gasteiger partial charge in [0.1, 0.15) is 18.1 Å². The Hall–Kier alpha value is -2.90. The maximum atomic E-state index is 5.89. The highest BCUT2D eigenvalue weighted by Gasteiger charge is 2.10. The molecule has 3 aromatic rings. The molecule has 7 nitrogen and oxygen atoms in total. The molecule has 1 fully saturated rings. The van der Waals surface area contributed by atoms with Gasteiger partial charge >= 0.3 is 0 Å². The van der Waals surface area contributed by atoms with Crippen LogP contribution in [0.2, 0.25) is 0 Å². The second-order valence-corrected chi connectivity index (χ2v) is 6.20. The summed E-state index contributed by atoms with van der Waals surface area (Å²) in [5, 5.41) is 3.22. The Bertz CT molecular complexity index is 848. The van der Waals surface area contributed by atoms with Gasteiger partial charge < -0.3 is 19.2 Å². The number of ether oxygens (including phenoxy) is 2. The Morgan fingerprint density at radius 1 is 1.11 bits per heavy atom. The average Bonchev–Trinajstić information content (AvgIpc) is 3.24. The highest BCUT2D eigenvalue weighted by atomic mass is 16.5. The van der Waals surface area contributed by atoms with Crippen LogP contribution in [0.25, 0.3) is 11.5 Å². The third-order valence-electron chi connectivity index (χ3n) is 4.30. The van der Waals surface area contributed by atoms with E-state index >= 15 is 0 Å². The Morgan fingerprint density at radius 2 is 2.04 bits per heavy atom. The normalized spacial score (nSPS) is 14.8. The fourth-order valence-corrected chi connectivity index (χ4v) is 2.89. The van der Waals surface area contributed by atoms with E-state index in [2.05, 4.69) is 20.2 Å². The first-order valence-corrected chi connectivity index (χ1v) is 9.04. The monoisotopic (exact) mass is 366 g/mol. The van der Waals surface area contributed by atoms with E-state index in [1.807, 2.05) is 42.5 Å². The van der Waals surface area contributed by atoms with Crippen LogP contribution in [-0.4, -0.2) is 54.3 Å². The van der Waals surface area contributed by atoms with Crippen LogP contribution >= 0.6 is 0 Å². The molecule has 1 aliphatic heterocycles. The summed E-state index contributed by atoms with van der Waals surface area (Å²) in [7, 11) is 0. The summed E-state index contributed by atoms with van der Waals surface area (Å²) in [5.41, 5.74) is 1.60. The molecule has 1 aromatic carbocycles. The molecule has 1 saturated heterocycles. The van der Waals surface area contributed by atoms with E-state index in [9.17, 15) is 0 Å². The van der Waals surface area contributed by atoms with Crippen LogP contribution in [0.5, 0.6) is 5.75 Å². The number of hydrogen-bond acceptors (Lipinski definition) is 7. The molecular weight excluding hydrogens is 344 g/mol. The van der Waals surface area contributed by atoms with E-state index < -0.39 is 0 Å². The van der Waals surface area contributed by atoms with E-state index in [-0.39, 0.29) is 0 Å². The number of anilines is 2. The number of nitrogens with one attached hydrogen (secondary N) is 1. The first-order chi connectivity index (χ1) is 13.4. The molecule has 1 N–H and O–H groups in total. The van der Waals surface area contributed by atoms with Gasteiger partial charge in [-0.25, -0.2) is 9.97 Å². The number of hydrogen-bond donors (Lipinski definition) is 1. The summed E-state index contributed by atoms with van der Waals surface area (Å²) in [4.78, 5) is 11.1. The molecule has 0 spiro atoms. The van der Waals surface area contributed by atoms with Crippen molar-refractivity contribution in [1.29, 1.82) is 0 Å². The van der Waals surface area contributed by atoms with Gasteiger partial charge in [0.05, 0.1) is 19.5 Å². The van der Waals surface area contributed by atoms with Gasteiger partial charge in [-0.1, -0.05) is 6.07 Å². The minimum absolute atomic E-state index is 0.509. The second-order valence-electron chi connectivity index (χ2n) is 6.20. The highest BCUT2D eigenvalue weighted by Crippen LogP contribution is 2.22. The topological polar surface area (TPSA) is 72.7 Å². The summed E-state index contributed by atoms with van der Waals surface area (Å²) in [6, 6.07) is 13.3. The summed E-state index contributed by atoms with van der Waals surface area (Å²) < 4.78 is 16.6. The van der Waals surface area contributed by atoms with Gasteiger partial charge in [0.25, 0.3) is 0 Å². The standard InChI is InChI=1S/C20H22N4O3/c1-3-16(15-17(4-1)26-14-10-24-8-12-25-13-9-24)22-20-21-7-6-18(23-20)19-5-2-11-27-19/h1-7,11,15H,8-10,12-14H2,(H,21,22,23). The number of aromatic nitrogens is 2. The van der Waals surface area contributed by atoms with E-state index in [0.29, 0.717) is 18.3 Å². The van der Waals surface area contributed by atoms with Crippen molar-refractivity contribution in [3.63, 3.8) is 0 Å². The van der Waals surface area contributed by atoms with E-state index in [1.165, 1.54) is 0 Å². The van der Waals surface area contributed by atoms with E-state index in [0.717, 1.165) is 50.0 Å². The SMILES string of the molecule is c1cc(Nc2nccc(-c3ccco3)n2)cc(OCCN2CCOCC2)c1. The molecule has 4 rings (SSSR count). The lowest BCUT2D eigenvalue weighted by atomic mass is 10.3. The van der Waals surface area contributed by atoms with Crippen LogP contribution in [0.3, 0.4) is 0 Å². The van der Waals surface area contributed by atoms with Crippen molar-refractivity contribution in [2.24, 2.45) is 0 Å². The third kappa shape index (κ3) is 4.84. The van der Waals surface area contributed by atoms with Crippen LogP contribution in [0.1, 0.15) is 0 Å². The molecule has 0 unspecified atom stereocenters. The molecule has 3 heterocycles. The first kappa shape index (κ1) is 17.5. The van der Waals surface area contributed by atoms with Crippen LogP contribution in [0.4, 0.5) is 11.6 Å². The maximum Gasteiger partial charge on any atom is 0.227 e. The van der Waals surface area contributed by atoms with Gasteiger partial charge in [-0.05, 0) is 30.3 Å². The molecule has 0 atom stereocenters. The minimum atomic E-state index is 0.509. The van der Waals surface area contributed by atoms with Crippen LogP contribution in [-0.2, 0) is 4.74 Å². The quantitative estimate of drug-likeness (QED) is 0.688. The van der Waals surface area contributed by atoms with Gasteiger partial charge in [0.15, 0.2) is 5.76 Å². The Balaban J connectivity index is 1.35. The Kier molecular flexibility index (Phi) is 5.61. The maximum absolute atomic E-state index is 5.89. The lowest BCUT2D eigenvalue weighted by molar-refractivity contribution is 0.0322. The predicted octanol–water partition coefficient (Wildman–Crippen LogP) is 3.19. The molecular formula is C20H22N4O3. The Morgan fingerprint density at radius 3 is 2.89 bits per heavy atom. The Labute approximate surface area is 157 Å². The molecule has 0 saturated carbocycles. The van der Waals surface area contributed by atoms with E-state index in [1.54, 1.807) is 12.5 Å². The van der Waals surface area contributed by atoms with Crippen molar-refractivity contribution in [1.82, 2.24) is 14.9 Å². The molecule has 2 aromatic heterocycles. The summed E-state index contributed by atoms with van der Waals surface area (Å²) in [5.74, 6) is 2.03. The van der Waals surface area contributed by atoms with Crippen LogP contribution < -0.4 is 10.1 Å². The zero-order valence-electron chi connectivity index (χ0n) is 15.0.